The fourth-order valence-electron chi connectivity index (χ4n) is 1.14. The number of esters is 1. The number of hydrogen-bond acceptors (Lipinski definition) is 3. The van der Waals surface area contributed by atoms with Crippen molar-refractivity contribution in [2.24, 2.45) is 0 Å². The van der Waals surface area contributed by atoms with Crippen molar-refractivity contribution in [1.82, 2.24) is 4.98 Å². The molecule has 0 bridgehead atoms. The van der Waals surface area contributed by atoms with Crippen molar-refractivity contribution < 1.29 is 27.1 Å². The zero-order valence-electron chi connectivity index (χ0n) is 10.4. The molecule has 0 unspecified atom stereocenters. The van der Waals surface area contributed by atoms with Crippen molar-refractivity contribution in [3.05, 3.63) is 35.2 Å². The monoisotopic (exact) mass is 277 g/mol. The third-order valence-electron chi connectivity index (χ3n) is 1.82. The largest absolute Gasteiger partial charge is 0.457 e. The van der Waals surface area contributed by atoms with Crippen LogP contribution in [0.4, 0.5) is 17.6 Å². The summed E-state index contributed by atoms with van der Waals surface area (Å²) in [5, 5.41) is 0. The Kier molecular flexibility index (Phi) is 4.28. The number of ether oxygens (including phenoxy) is 1. The van der Waals surface area contributed by atoms with Crippen LogP contribution in [0.15, 0.2) is 6.08 Å². The maximum Gasteiger partial charge on any atom is 0.331 e. The summed E-state index contributed by atoms with van der Waals surface area (Å²) in [6.07, 6.45) is 1.26. The van der Waals surface area contributed by atoms with Gasteiger partial charge in [0.05, 0.1) is 5.56 Å². The van der Waals surface area contributed by atoms with Gasteiger partial charge in [-0.15, -0.1) is 0 Å². The Morgan fingerprint density at radius 2 is 1.58 bits per heavy atom. The maximum absolute atomic E-state index is 13.2. The highest BCUT2D eigenvalue weighted by Gasteiger charge is 2.19. The van der Waals surface area contributed by atoms with Crippen LogP contribution in [0.2, 0.25) is 0 Å². The molecule has 0 amide bonds. The van der Waals surface area contributed by atoms with E-state index in [9.17, 15) is 22.4 Å². The van der Waals surface area contributed by atoms with Crippen LogP contribution in [0.25, 0.3) is 6.08 Å². The number of pyridine rings is 1. The van der Waals surface area contributed by atoms with Crippen LogP contribution in [0.5, 0.6) is 0 Å². The highest BCUT2D eigenvalue weighted by molar-refractivity contribution is 5.87. The lowest BCUT2D eigenvalue weighted by atomic mass is 10.2. The Bertz CT molecular complexity index is 509. The van der Waals surface area contributed by atoms with Crippen molar-refractivity contribution in [1.29, 1.82) is 0 Å². The first kappa shape index (κ1) is 15.1. The van der Waals surface area contributed by atoms with Crippen molar-refractivity contribution in [3.8, 4) is 0 Å². The van der Waals surface area contributed by atoms with Gasteiger partial charge in [0, 0.05) is 6.08 Å². The molecular weight excluding hydrogens is 266 g/mol. The summed E-state index contributed by atoms with van der Waals surface area (Å²) >= 11 is 0. The van der Waals surface area contributed by atoms with Crippen LogP contribution in [-0.4, -0.2) is 16.6 Å². The van der Waals surface area contributed by atoms with Gasteiger partial charge in [0.25, 0.3) is 11.9 Å². The van der Waals surface area contributed by atoms with E-state index in [0.29, 0.717) is 12.2 Å². The fourth-order valence-corrected chi connectivity index (χ4v) is 1.14. The maximum atomic E-state index is 13.2. The molecular formula is C12H11F4NO2. The zero-order chi connectivity index (χ0) is 14.8. The molecule has 0 spiro atoms. The topological polar surface area (TPSA) is 39.2 Å². The predicted molar refractivity (Wildman–Crippen MR) is 58.9 cm³/mol. The third-order valence-corrected chi connectivity index (χ3v) is 1.82. The molecule has 0 saturated carbocycles. The van der Waals surface area contributed by atoms with Gasteiger partial charge in [0.2, 0.25) is 0 Å². The Hall–Kier alpha value is -1.92. The number of halogens is 4. The van der Waals surface area contributed by atoms with E-state index in [4.69, 9.17) is 4.74 Å². The lowest BCUT2D eigenvalue weighted by molar-refractivity contribution is -0.148. The van der Waals surface area contributed by atoms with E-state index in [1.165, 1.54) is 0 Å². The van der Waals surface area contributed by atoms with Gasteiger partial charge in [0.15, 0.2) is 11.6 Å². The lowest BCUT2D eigenvalue weighted by Crippen LogP contribution is -2.22. The average Bonchev–Trinajstić information content (AvgIpc) is 2.24. The number of aromatic nitrogens is 1. The van der Waals surface area contributed by atoms with Gasteiger partial charge >= 0.3 is 5.97 Å². The van der Waals surface area contributed by atoms with Gasteiger partial charge in [-0.1, -0.05) is 0 Å². The molecule has 0 aliphatic rings. The second-order valence-corrected chi connectivity index (χ2v) is 4.60. The van der Waals surface area contributed by atoms with Gasteiger partial charge in [-0.3, -0.25) is 0 Å². The number of rotatable bonds is 2. The van der Waals surface area contributed by atoms with E-state index in [0.717, 1.165) is 0 Å². The summed E-state index contributed by atoms with van der Waals surface area (Å²) in [4.78, 5) is 13.7. The normalized spacial score (nSPS) is 11.9. The Labute approximate surface area is 106 Å². The zero-order valence-corrected chi connectivity index (χ0v) is 10.4. The SMILES string of the molecule is CC(C)(C)OC(=O)/C=C/c1c(F)c(F)nc(F)c1F. The molecule has 0 aliphatic carbocycles. The van der Waals surface area contributed by atoms with Gasteiger partial charge in [-0.2, -0.15) is 13.8 Å². The summed E-state index contributed by atoms with van der Waals surface area (Å²) in [5.41, 5.74) is -1.83. The van der Waals surface area contributed by atoms with Crippen LogP contribution >= 0.6 is 0 Å². The molecule has 0 aromatic carbocycles. The van der Waals surface area contributed by atoms with Crippen LogP contribution in [0, 0.1) is 23.5 Å². The molecule has 0 saturated heterocycles. The second-order valence-electron chi connectivity index (χ2n) is 4.60. The number of nitrogens with zero attached hydrogens (tertiary/aromatic N) is 1. The molecule has 1 rings (SSSR count). The van der Waals surface area contributed by atoms with E-state index in [1.807, 2.05) is 0 Å². The number of carbonyl (C=O) groups excluding carboxylic acids is 1. The van der Waals surface area contributed by atoms with E-state index >= 15 is 0 Å². The molecule has 7 heteroatoms. The smallest absolute Gasteiger partial charge is 0.331 e. The van der Waals surface area contributed by atoms with Crippen LogP contribution in [0.1, 0.15) is 26.3 Å². The van der Waals surface area contributed by atoms with Gasteiger partial charge < -0.3 is 4.74 Å². The summed E-state index contributed by atoms with van der Waals surface area (Å²) in [6.45, 7) is 4.77. The van der Waals surface area contributed by atoms with Crippen molar-refractivity contribution in [2.75, 3.05) is 0 Å². The molecule has 0 fully saturated rings. The molecule has 0 radical (unpaired) electrons. The Balaban J connectivity index is 3.03. The van der Waals surface area contributed by atoms with Crippen molar-refractivity contribution in [2.45, 2.75) is 26.4 Å². The molecule has 104 valence electrons. The number of hydrogen-bond donors (Lipinski definition) is 0. The van der Waals surface area contributed by atoms with Crippen LogP contribution in [0.3, 0.4) is 0 Å². The van der Waals surface area contributed by atoms with Crippen molar-refractivity contribution >= 4 is 12.0 Å². The summed E-state index contributed by atoms with van der Waals surface area (Å²) in [6, 6.07) is 0. The first-order valence-corrected chi connectivity index (χ1v) is 5.23. The van der Waals surface area contributed by atoms with E-state index in [2.05, 4.69) is 4.98 Å². The highest BCUT2D eigenvalue weighted by atomic mass is 19.2. The molecule has 0 N–H and O–H groups in total. The quantitative estimate of drug-likeness (QED) is 0.361. The van der Waals surface area contributed by atoms with E-state index in [-0.39, 0.29) is 0 Å². The molecule has 0 atom stereocenters. The number of carbonyl (C=O) groups is 1. The molecule has 19 heavy (non-hydrogen) atoms. The lowest BCUT2D eigenvalue weighted by Gasteiger charge is -2.17. The minimum atomic E-state index is -1.79. The van der Waals surface area contributed by atoms with Crippen molar-refractivity contribution in [3.63, 3.8) is 0 Å². The van der Waals surface area contributed by atoms with Crippen LogP contribution in [-0.2, 0) is 9.53 Å². The molecule has 0 aliphatic heterocycles. The van der Waals surface area contributed by atoms with E-state index < -0.39 is 40.7 Å². The highest BCUT2D eigenvalue weighted by Crippen LogP contribution is 2.18. The summed E-state index contributed by atoms with van der Waals surface area (Å²) < 4.78 is 56.7. The molecule has 1 aromatic heterocycles. The first-order chi connectivity index (χ1) is 8.61. The van der Waals surface area contributed by atoms with Gasteiger partial charge in [0.1, 0.15) is 5.60 Å². The molecule has 1 aromatic rings. The average molecular weight is 277 g/mol. The molecule has 1 heterocycles. The Morgan fingerprint density at radius 1 is 1.11 bits per heavy atom. The van der Waals surface area contributed by atoms with Gasteiger partial charge in [-0.05, 0) is 26.8 Å². The minimum Gasteiger partial charge on any atom is -0.457 e. The fraction of sp³-hybridized carbons (Fsp3) is 0.333. The van der Waals surface area contributed by atoms with E-state index in [1.54, 1.807) is 20.8 Å². The Morgan fingerprint density at radius 3 is 2.00 bits per heavy atom. The first-order valence-electron chi connectivity index (χ1n) is 5.23. The summed E-state index contributed by atoms with van der Waals surface area (Å²) in [5.74, 6) is -7.84. The summed E-state index contributed by atoms with van der Waals surface area (Å²) in [7, 11) is 0. The third kappa shape index (κ3) is 4.04. The predicted octanol–water partition coefficient (Wildman–Crippen LogP) is 2.99. The standard InChI is InChI=1S/C12H11F4NO2/c1-12(2,3)19-7(18)5-4-6-8(13)10(15)17-11(16)9(6)14/h4-5H,1-3H3/b5-4+. The van der Waals surface area contributed by atoms with Gasteiger partial charge in [-0.25, -0.2) is 13.6 Å². The van der Waals surface area contributed by atoms with Crippen LogP contribution < -0.4 is 0 Å². The molecule has 3 nitrogen and oxygen atoms in total. The second kappa shape index (κ2) is 5.38. The minimum absolute atomic E-state index is 0.590.